The third kappa shape index (κ3) is 6.50. The number of Topliss-reactive ketones (excluding diaryl/α,β-unsaturated/α-hetero) is 1. The fourth-order valence-electron chi connectivity index (χ4n) is 4.53. The van der Waals surface area contributed by atoms with Crippen LogP contribution in [-0.4, -0.2) is 40.2 Å². The van der Waals surface area contributed by atoms with E-state index in [2.05, 4.69) is 17.1 Å². The Hall–Kier alpha value is -4.15. The van der Waals surface area contributed by atoms with E-state index in [-0.39, 0.29) is 16.5 Å². The van der Waals surface area contributed by atoms with Crippen LogP contribution in [0.3, 0.4) is 0 Å². The van der Waals surface area contributed by atoms with Crippen molar-refractivity contribution in [1.82, 2.24) is 10.2 Å². The molecule has 1 fully saturated rings. The summed E-state index contributed by atoms with van der Waals surface area (Å²) in [6, 6.07) is 23.1. The molecule has 3 aromatic carbocycles. The maximum atomic E-state index is 13.5. The summed E-state index contributed by atoms with van der Waals surface area (Å²) in [4.78, 5) is 28.4. The number of hydrogen-bond acceptors (Lipinski definition) is 9. The number of carbonyl (C=O) groups is 2. The average molecular weight is 602 g/mol. The monoisotopic (exact) mass is 601 g/mol. The zero-order chi connectivity index (χ0) is 29.5. The van der Waals surface area contributed by atoms with Crippen LogP contribution in [0, 0.1) is 0 Å². The first-order chi connectivity index (χ1) is 20.5. The Balaban J connectivity index is 1.50. The molecule has 0 bridgehead atoms. The summed E-state index contributed by atoms with van der Waals surface area (Å²) in [5, 5.41) is 20.3. The number of ketones is 1. The predicted molar refractivity (Wildman–Crippen MR) is 165 cm³/mol. The zero-order valence-corrected chi connectivity index (χ0v) is 25.0. The third-order valence-corrected chi connectivity index (χ3v) is 8.78. The van der Waals surface area contributed by atoms with Gasteiger partial charge in [-0.3, -0.25) is 14.5 Å². The molecule has 1 unspecified atom stereocenters. The van der Waals surface area contributed by atoms with Gasteiger partial charge in [-0.2, -0.15) is 0 Å². The lowest BCUT2D eigenvalue weighted by Crippen LogP contribution is -2.29. The van der Waals surface area contributed by atoms with E-state index in [4.69, 9.17) is 9.47 Å². The SMILES string of the molecule is CCCCOc1ccc(C(O)=C2C(=O)C(=O)N(c3nnc(SCc4ccccc4)s3)C2c2ccc(OCC)cc2)cc1. The molecule has 8 nitrogen and oxygen atoms in total. The molecular weight excluding hydrogens is 571 g/mol. The molecule has 0 spiro atoms. The lowest BCUT2D eigenvalue weighted by atomic mass is 9.95. The van der Waals surface area contributed by atoms with Gasteiger partial charge in [-0.05, 0) is 60.9 Å². The van der Waals surface area contributed by atoms with Gasteiger partial charge in [-0.25, -0.2) is 0 Å². The van der Waals surface area contributed by atoms with Crippen molar-refractivity contribution in [3.05, 3.63) is 101 Å². The van der Waals surface area contributed by atoms with E-state index < -0.39 is 17.7 Å². The summed E-state index contributed by atoms with van der Waals surface area (Å²) in [5.74, 6) is 0.187. The van der Waals surface area contributed by atoms with Gasteiger partial charge in [0.2, 0.25) is 5.13 Å². The minimum atomic E-state index is -0.902. The Bertz CT molecular complexity index is 1550. The van der Waals surface area contributed by atoms with Crippen molar-refractivity contribution in [2.75, 3.05) is 18.1 Å². The van der Waals surface area contributed by atoms with Crippen LogP contribution >= 0.6 is 23.1 Å². The van der Waals surface area contributed by atoms with Gasteiger partial charge >= 0.3 is 5.91 Å². The van der Waals surface area contributed by atoms with Crippen LogP contribution < -0.4 is 14.4 Å². The van der Waals surface area contributed by atoms with Crippen LogP contribution in [0.1, 0.15) is 49.4 Å². The molecule has 1 aliphatic rings. The molecule has 42 heavy (non-hydrogen) atoms. The van der Waals surface area contributed by atoms with Crippen LogP contribution in [-0.2, 0) is 15.3 Å². The molecule has 5 rings (SSSR count). The molecule has 1 aromatic heterocycles. The smallest absolute Gasteiger partial charge is 0.301 e. The average Bonchev–Trinajstić information content (AvgIpc) is 3.59. The summed E-state index contributed by atoms with van der Waals surface area (Å²) < 4.78 is 12.0. The topological polar surface area (TPSA) is 102 Å². The molecule has 1 amide bonds. The quantitative estimate of drug-likeness (QED) is 0.0461. The van der Waals surface area contributed by atoms with Gasteiger partial charge in [-0.1, -0.05) is 78.9 Å². The summed E-state index contributed by atoms with van der Waals surface area (Å²) >= 11 is 2.74. The number of thioether (sulfide) groups is 1. The van der Waals surface area contributed by atoms with Gasteiger partial charge in [0.25, 0.3) is 5.78 Å². The van der Waals surface area contributed by atoms with Crippen molar-refractivity contribution < 1.29 is 24.2 Å². The molecule has 10 heteroatoms. The summed E-state index contributed by atoms with van der Waals surface area (Å²) in [7, 11) is 0. The van der Waals surface area contributed by atoms with Crippen molar-refractivity contribution in [3.63, 3.8) is 0 Å². The number of aromatic nitrogens is 2. The number of hydrogen-bond donors (Lipinski definition) is 1. The number of anilines is 1. The van der Waals surface area contributed by atoms with Gasteiger partial charge in [-0.15, -0.1) is 10.2 Å². The maximum Gasteiger partial charge on any atom is 0.301 e. The normalized spacial score (nSPS) is 16.1. The highest BCUT2D eigenvalue weighted by atomic mass is 32.2. The first-order valence-corrected chi connectivity index (χ1v) is 15.6. The van der Waals surface area contributed by atoms with Crippen LogP contribution in [0.25, 0.3) is 5.76 Å². The Morgan fingerprint density at radius 2 is 1.62 bits per heavy atom. The minimum Gasteiger partial charge on any atom is -0.507 e. The number of unbranched alkanes of at least 4 members (excludes halogenated alkanes) is 1. The summed E-state index contributed by atoms with van der Waals surface area (Å²) in [6.45, 7) is 5.08. The zero-order valence-electron chi connectivity index (χ0n) is 23.4. The Morgan fingerprint density at radius 3 is 2.31 bits per heavy atom. The molecule has 1 saturated heterocycles. The molecule has 0 saturated carbocycles. The van der Waals surface area contributed by atoms with E-state index in [0.29, 0.717) is 45.9 Å². The molecular formula is C32H31N3O5S2. The van der Waals surface area contributed by atoms with Gasteiger partial charge in [0, 0.05) is 11.3 Å². The number of aliphatic hydroxyl groups excluding tert-OH is 1. The van der Waals surface area contributed by atoms with Crippen molar-refractivity contribution in [3.8, 4) is 11.5 Å². The second kappa shape index (κ2) is 13.7. The first-order valence-electron chi connectivity index (χ1n) is 13.8. The van der Waals surface area contributed by atoms with Crippen molar-refractivity contribution >= 4 is 45.7 Å². The van der Waals surface area contributed by atoms with E-state index in [9.17, 15) is 14.7 Å². The van der Waals surface area contributed by atoms with Crippen molar-refractivity contribution in [2.45, 2.75) is 42.8 Å². The summed E-state index contributed by atoms with van der Waals surface area (Å²) in [5.41, 5.74) is 2.16. The number of amides is 1. The number of nitrogens with zero attached hydrogens (tertiary/aromatic N) is 3. The highest BCUT2D eigenvalue weighted by molar-refractivity contribution is 8.00. The lowest BCUT2D eigenvalue weighted by molar-refractivity contribution is -0.132. The first kappa shape index (κ1) is 29.3. The van der Waals surface area contributed by atoms with Crippen molar-refractivity contribution in [1.29, 1.82) is 0 Å². The van der Waals surface area contributed by atoms with E-state index >= 15 is 0 Å². The fraction of sp³-hybridized carbons (Fsp3) is 0.250. The molecule has 0 aliphatic carbocycles. The highest BCUT2D eigenvalue weighted by Crippen LogP contribution is 2.44. The standard InChI is InChI=1S/C32H31N3O5S2/c1-3-5-19-40-25-17-13-23(14-18-25)28(36)26-27(22-11-15-24(16-12-22)39-4-2)35(30(38)29(26)37)31-33-34-32(42-31)41-20-21-9-7-6-8-10-21/h6-18,27,36H,3-5,19-20H2,1-2H3. The Kier molecular flexibility index (Phi) is 9.55. The molecule has 1 aliphatic heterocycles. The molecule has 216 valence electrons. The van der Waals surface area contributed by atoms with Gasteiger partial charge < -0.3 is 14.6 Å². The van der Waals surface area contributed by atoms with Crippen LogP contribution in [0.15, 0.2) is 88.8 Å². The highest BCUT2D eigenvalue weighted by Gasteiger charge is 2.48. The number of carbonyl (C=O) groups excluding carboxylic acids is 2. The number of aliphatic hydroxyl groups is 1. The number of rotatable bonds is 12. The van der Waals surface area contributed by atoms with E-state index in [1.54, 1.807) is 48.5 Å². The van der Waals surface area contributed by atoms with E-state index in [0.717, 1.165) is 18.4 Å². The molecule has 1 N–H and O–H groups in total. The van der Waals surface area contributed by atoms with Crippen LogP contribution in [0.5, 0.6) is 11.5 Å². The third-order valence-electron chi connectivity index (χ3n) is 6.65. The van der Waals surface area contributed by atoms with Crippen LogP contribution in [0.2, 0.25) is 0 Å². The largest absolute Gasteiger partial charge is 0.507 e. The minimum absolute atomic E-state index is 0.0162. The summed E-state index contributed by atoms with van der Waals surface area (Å²) in [6.07, 6.45) is 1.96. The molecule has 1 atom stereocenters. The molecule has 4 aromatic rings. The predicted octanol–water partition coefficient (Wildman–Crippen LogP) is 7.03. The lowest BCUT2D eigenvalue weighted by Gasteiger charge is -2.22. The fourth-order valence-corrected chi connectivity index (χ4v) is 6.36. The molecule has 2 heterocycles. The van der Waals surface area contributed by atoms with Gasteiger partial charge in [0.15, 0.2) is 4.34 Å². The van der Waals surface area contributed by atoms with Crippen LogP contribution in [0.4, 0.5) is 5.13 Å². The van der Waals surface area contributed by atoms with Gasteiger partial charge in [0.05, 0.1) is 24.8 Å². The number of ether oxygens (including phenoxy) is 2. The second-order valence-electron chi connectivity index (χ2n) is 9.52. The van der Waals surface area contributed by atoms with E-state index in [1.165, 1.54) is 28.0 Å². The van der Waals surface area contributed by atoms with Crippen molar-refractivity contribution in [2.24, 2.45) is 0 Å². The maximum absolute atomic E-state index is 13.5. The Morgan fingerprint density at radius 1 is 0.929 bits per heavy atom. The molecule has 0 radical (unpaired) electrons. The van der Waals surface area contributed by atoms with Gasteiger partial charge in [0.1, 0.15) is 17.3 Å². The van der Waals surface area contributed by atoms with E-state index in [1.807, 2.05) is 37.3 Å². The Labute approximate surface area is 253 Å². The number of benzene rings is 3. The second-order valence-corrected chi connectivity index (χ2v) is 11.7.